The minimum absolute atomic E-state index is 0.109. The zero-order valence-corrected chi connectivity index (χ0v) is 19.0. The molecule has 0 aliphatic carbocycles. The third kappa shape index (κ3) is 3.78. The molecule has 0 radical (unpaired) electrons. The molecular weight excluding hydrogens is 482 g/mol. The molecule has 0 saturated carbocycles. The van der Waals surface area contributed by atoms with Crippen molar-refractivity contribution < 1.29 is 18.6 Å². The number of nitro groups is 1. The monoisotopic (exact) mass is 499 g/mol. The lowest BCUT2D eigenvalue weighted by molar-refractivity contribution is -0.384. The molecule has 1 atom stereocenters. The molecule has 0 saturated heterocycles. The van der Waals surface area contributed by atoms with Crippen LogP contribution in [0.25, 0.3) is 16.7 Å². The van der Waals surface area contributed by atoms with Crippen LogP contribution in [0.1, 0.15) is 24.0 Å². The molecule has 5 aromatic rings. The summed E-state index contributed by atoms with van der Waals surface area (Å²) >= 11 is 0. The molecule has 1 aromatic carbocycles. The van der Waals surface area contributed by atoms with Crippen molar-refractivity contribution in [2.45, 2.75) is 19.0 Å². The Morgan fingerprint density at radius 2 is 1.92 bits per heavy atom. The SMILES string of the molecule is O=C(Cn1cnc2c(cnn2-c2ccccc2[N+](=O)[O-])c1=O)N1N=C(c2ccco2)CC1c1ccco1. The topological polar surface area (TPSA) is 155 Å². The zero-order valence-electron chi connectivity index (χ0n) is 19.0. The number of aromatic nitrogens is 4. The highest BCUT2D eigenvalue weighted by molar-refractivity contribution is 6.01. The Kier molecular flexibility index (Phi) is 5.22. The fourth-order valence-corrected chi connectivity index (χ4v) is 4.29. The van der Waals surface area contributed by atoms with Gasteiger partial charge in [-0.2, -0.15) is 10.2 Å². The molecule has 4 aromatic heterocycles. The summed E-state index contributed by atoms with van der Waals surface area (Å²) in [5.41, 5.74) is 0.174. The van der Waals surface area contributed by atoms with Gasteiger partial charge in [-0.1, -0.05) is 12.1 Å². The van der Waals surface area contributed by atoms with Gasteiger partial charge in [-0.15, -0.1) is 0 Å². The molecule has 5 heterocycles. The maximum absolute atomic E-state index is 13.3. The average molecular weight is 499 g/mol. The maximum Gasteiger partial charge on any atom is 0.294 e. The van der Waals surface area contributed by atoms with Crippen LogP contribution >= 0.6 is 0 Å². The van der Waals surface area contributed by atoms with Crippen LogP contribution in [0.4, 0.5) is 5.69 Å². The molecule has 1 unspecified atom stereocenters. The number of amides is 1. The molecule has 0 bridgehead atoms. The molecule has 0 fully saturated rings. The Bertz CT molecular complexity index is 1720. The lowest BCUT2D eigenvalue weighted by Crippen LogP contribution is -2.34. The van der Waals surface area contributed by atoms with Gasteiger partial charge in [-0.05, 0) is 30.3 Å². The van der Waals surface area contributed by atoms with Crippen molar-refractivity contribution in [3.63, 3.8) is 0 Å². The highest BCUT2D eigenvalue weighted by atomic mass is 16.6. The van der Waals surface area contributed by atoms with E-state index in [2.05, 4.69) is 15.2 Å². The standard InChI is InChI=1S/C24H17N7O6/c32-22(29-19(21-8-4-10-37-21)11-16(27-29)20-7-3-9-36-20)13-28-14-25-23-15(24(28)33)12-26-30(23)17-5-1-2-6-18(17)31(34)35/h1-10,12,14,19H,11,13H2. The number of carbonyl (C=O) groups excluding carboxylic acids is 1. The molecule has 6 rings (SSSR count). The van der Waals surface area contributed by atoms with Gasteiger partial charge in [0.15, 0.2) is 5.65 Å². The van der Waals surface area contributed by atoms with Crippen molar-refractivity contribution >= 4 is 28.3 Å². The minimum atomic E-state index is -0.536. The summed E-state index contributed by atoms with van der Waals surface area (Å²) in [5.74, 6) is 0.622. The van der Waals surface area contributed by atoms with Crippen molar-refractivity contribution in [3.8, 4) is 5.69 Å². The number of nitro benzene ring substituents is 1. The van der Waals surface area contributed by atoms with E-state index in [0.29, 0.717) is 23.7 Å². The molecular formula is C24H17N7O6. The Labute approximate surface area is 207 Å². The van der Waals surface area contributed by atoms with E-state index in [9.17, 15) is 19.7 Å². The number of para-hydroxylation sites is 2. The number of furan rings is 2. The highest BCUT2D eigenvalue weighted by Gasteiger charge is 2.36. The summed E-state index contributed by atoms with van der Waals surface area (Å²) in [6, 6.07) is 12.5. The molecule has 1 amide bonds. The second kappa shape index (κ2) is 8.71. The fraction of sp³-hybridized carbons (Fsp3) is 0.125. The van der Waals surface area contributed by atoms with Gasteiger partial charge in [-0.25, -0.2) is 14.7 Å². The van der Waals surface area contributed by atoms with Gasteiger partial charge in [0.2, 0.25) is 0 Å². The van der Waals surface area contributed by atoms with Crippen molar-refractivity contribution in [3.05, 3.63) is 106 Å². The van der Waals surface area contributed by atoms with Crippen LogP contribution in [0.2, 0.25) is 0 Å². The number of rotatable bonds is 6. The van der Waals surface area contributed by atoms with Crippen molar-refractivity contribution in [2.75, 3.05) is 0 Å². The molecule has 1 aliphatic heterocycles. The first-order valence-corrected chi connectivity index (χ1v) is 11.1. The molecule has 37 heavy (non-hydrogen) atoms. The van der Waals surface area contributed by atoms with Gasteiger partial charge in [0.1, 0.15) is 47.2 Å². The first-order chi connectivity index (χ1) is 18.0. The number of nitrogens with zero attached hydrogens (tertiary/aromatic N) is 7. The van der Waals surface area contributed by atoms with Crippen molar-refractivity contribution in [2.24, 2.45) is 5.10 Å². The minimum Gasteiger partial charge on any atom is -0.467 e. The summed E-state index contributed by atoms with van der Waals surface area (Å²) in [4.78, 5) is 41.7. The Morgan fingerprint density at radius 1 is 1.11 bits per heavy atom. The Morgan fingerprint density at radius 3 is 2.68 bits per heavy atom. The second-order valence-corrected chi connectivity index (χ2v) is 8.21. The third-order valence-electron chi connectivity index (χ3n) is 6.01. The van der Waals surface area contributed by atoms with Gasteiger partial charge < -0.3 is 8.83 Å². The van der Waals surface area contributed by atoms with Crippen molar-refractivity contribution in [1.29, 1.82) is 0 Å². The number of benzene rings is 1. The highest BCUT2D eigenvalue weighted by Crippen LogP contribution is 2.33. The number of fused-ring (bicyclic) bond motifs is 1. The molecule has 184 valence electrons. The zero-order chi connectivity index (χ0) is 25.5. The first-order valence-electron chi connectivity index (χ1n) is 11.1. The molecule has 13 heteroatoms. The van der Waals surface area contributed by atoms with Gasteiger partial charge >= 0.3 is 0 Å². The fourth-order valence-electron chi connectivity index (χ4n) is 4.29. The quantitative estimate of drug-likeness (QED) is 0.255. The molecule has 0 N–H and O–H groups in total. The van der Waals surface area contributed by atoms with Gasteiger partial charge in [0, 0.05) is 12.5 Å². The van der Waals surface area contributed by atoms with E-state index >= 15 is 0 Å². The first kappa shape index (κ1) is 22.2. The third-order valence-corrected chi connectivity index (χ3v) is 6.01. The largest absolute Gasteiger partial charge is 0.467 e. The van der Waals surface area contributed by atoms with E-state index in [0.717, 1.165) is 4.57 Å². The van der Waals surface area contributed by atoms with E-state index in [4.69, 9.17) is 8.83 Å². The van der Waals surface area contributed by atoms with Crippen LogP contribution in [0.15, 0.2) is 92.3 Å². The predicted octanol–water partition coefficient (Wildman–Crippen LogP) is 3.05. The van der Waals surface area contributed by atoms with Crippen LogP contribution in [-0.4, -0.2) is 40.9 Å². The van der Waals surface area contributed by atoms with Crippen molar-refractivity contribution in [1.82, 2.24) is 24.3 Å². The number of hydrogen-bond donors (Lipinski definition) is 0. The van der Waals surface area contributed by atoms with Crippen LogP contribution in [0.3, 0.4) is 0 Å². The predicted molar refractivity (Wildman–Crippen MR) is 128 cm³/mol. The van der Waals surface area contributed by atoms with E-state index in [-0.39, 0.29) is 29.0 Å². The number of carbonyl (C=O) groups is 1. The van der Waals surface area contributed by atoms with Crippen LogP contribution < -0.4 is 5.56 Å². The maximum atomic E-state index is 13.3. The summed E-state index contributed by atoms with van der Waals surface area (Å²) in [7, 11) is 0. The van der Waals surface area contributed by atoms with Crippen LogP contribution in [0.5, 0.6) is 0 Å². The summed E-state index contributed by atoms with van der Waals surface area (Å²) in [5, 5.41) is 21.4. The van der Waals surface area contributed by atoms with Crippen LogP contribution in [0, 0.1) is 10.1 Å². The van der Waals surface area contributed by atoms with E-state index in [1.165, 1.54) is 52.9 Å². The normalized spacial score (nSPS) is 15.3. The molecule has 0 spiro atoms. The number of hydrogen-bond acceptors (Lipinski definition) is 9. The summed E-state index contributed by atoms with van der Waals surface area (Å²) in [6.07, 6.45) is 5.90. The van der Waals surface area contributed by atoms with E-state index in [1.807, 2.05) is 0 Å². The Balaban J connectivity index is 1.33. The van der Waals surface area contributed by atoms with Crippen LogP contribution in [-0.2, 0) is 11.3 Å². The molecule has 13 nitrogen and oxygen atoms in total. The smallest absolute Gasteiger partial charge is 0.294 e. The average Bonchev–Trinajstić information content (AvgIpc) is 3.71. The van der Waals surface area contributed by atoms with Gasteiger partial charge in [0.25, 0.3) is 17.2 Å². The van der Waals surface area contributed by atoms with E-state index < -0.39 is 22.4 Å². The van der Waals surface area contributed by atoms with Gasteiger partial charge in [0.05, 0.1) is 23.6 Å². The van der Waals surface area contributed by atoms with E-state index in [1.54, 1.807) is 30.3 Å². The lowest BCUT2D eigenvalue weighted by Gasteiger charge is -2.20. The van der Waals surface area contributed by atoms with Gasteiger partial charge in [-0.3, -0.25) is 24.3 Å². The Hall–Kier alpha value is -5.33. The number of hydrazone groups is 1. The molecule has 1 aliphatic rings. The second-order valence-electron chi connectivity index (χ2n) is 8.21. The summed E-state index contributed by atoms with van der Waals surface area (Å²) in [6.45, 7) is -0.343. The lowest BCUT2D eigenvalue weighted by atomic mass is 10.1. The summed E-state index contributed by atoms with van der Waals surface area (Å²) < 4.78 is 13.4.